The second kappa shape index (κ2) is 5.10. The molecule has 0 radical (unpaired) electrons. The Bertz CT molecular complexity index is 166. The van der Waals surface area contributed by atoms with E-state index in [0.29, 0.717) is 11.8 Å². The summed E-state index contributed by atoms with van der Waals surface area (Å²) in [7, 11) is 0. The molecule has 0 aromatic carbocycles. The van der Waals surface area contributed by atoms with Crippen LogP contribution in [0.3, 0.4) is 0 Å². The maximum absolute atomic E-state index is 9.28. The lowest BCUT2D eigenvalue weighted by Gasteiger charge is -2.37. The predicted octanol–water partition coefficient (Wildman–Crippen LogP) is 1.20. The largest absolute Gasteiger partial charge is 0.396 e. The van der Waals surface area contributed by atoms with Gasteiger partial charge in [0.25, 0.3) is 0 Å². The van der Waals surface area contributed by atoms with Crippen molar-refractivity contribution in [2.75, 3.05) is 26.4 Å². The van der Waals surface area contributed by atoms with Crippen molar-refractivity contribution in [1.29, 1.82) is 0 Å². The minimum absolute atomic E-state index is 0.280. The highest BCUT2D eigenvalue weighted by Crippen LogP contribution is 2.31. The maximum Gasteiger partial charge on any atom is 0.0654 e. The van der Waals surface area contributed by atoms with E-state index in [2.05, 4.69) is 0 Å². The van der Waals surface area contributed by atoms with Crippen molar-refractivity contribution in [3.8, 4) is 0 Å². The second-order valence-electron chi connectivity index (χ2n) is 4.37. The van der Waals surface area contributed by atoms with Gasteiger partial charge in [0.1, 0.15) is 0 Å². The molecule has 3 nitrogen and oxygen atoms in total. The van der Waals surface area contributed by atoms with E-state index in [1.807, 2.05) is 0 Å². The number of aliphatic hydroxyl groups excluding tert-OH is 1. The molecule has 2 atom stereocenters. The van der Waals surface area contributed by atoms with Crippen molar-refractivity contribution in [1.82, 2.24) is 0 Å². The molecule has 0 aliphatic carbocycles. The summed E-state index contributed by atoms with van der Waals surface area (Å²) in [5.41, 5.74) is 0. The minimum atomic E-state index is 0.280. The molecule has 1 N–H and O–H groups in total. The standard InChI is InChI=1S/C11H20O3/c12-8-10-2-1-5-14-11(10)9-3-6-13-7-4-9/h9-12H,1-8H2. The number of hydrogen-bond acceptors (Lipinski definition) is 3. The summed E-state index contributed by atoms with van der Waals surface area (Å²) in [5.74, 6) is 0.980. The van der Waals surface area contributed by atoms with Crippen LogP contribution in [-0.2, 0) is 9.47 Å². The van der Waals surface area contributed by atoms with Crippen LogP contribution >= 0.6 is 0 Å². The van der Waals surface area contributed by atoms with Crippen LogP contribution in [0.2, 0.25) is 0 Å². The highest BCUT2D eigenvalue weighted by atomic mass is 16.5. The van der Waals surface area contributed by atoms with Gasteiger partial charge in [0.15, 0.2) is 0 Å². The SMILES string of the molecule is OCC1CCCOC1C1CCOCC1. The second-order valence-corrected chi connectivity index (χ2v) is 4.37. The zero-order chi connectivity index (χ0) is 9.80. The zero-order valence-corrected chi connectivity index (χ0v) is 8.65. The van der Waals surface area contributed by atoms with Gasteiger partial charge in [-0.3, -0.25) is 0 Å². The van der Waals surface area contributed by atoms with Gasteiger partial charge in [0.05, 0.1) is 6.10 Å². The van der Waals surface area contributed by atoms with Crippen LogP contribution in [0.1, 0.15) is 25.7 Å². The molecule has 2 saturated heterocycles. The summed E-state index contributed by atoms with van der Waals surface area (Å²) in [4.78, 5) is 0. The quantitative estimate of drug-likeness (QED) is 0.728. The number of aliphatic hydroxyl groups is 1. The Morgan fingerprint density at radius 3 is 2.57 bits per heavy atom. The van der Waals surface area contributed by atoms with Crippen LogP contribution < -0.4 is 0 Å². The van der Waals surface area contributed by atoms with Crippen molar-refractivity contribution >= 4 is 0 Å². The van der Waals surface area contributed by atoms with E-state index in [9.17, 15) is 5.11 Å². The van der Waals surface area contributed by atoms with Crippen LogP contribution in [-0.4, -0.2) is 37.6 Å². The summed E-state index contributed by atoms with van der Waals surface area (Å²) in [6.45, 7) is 2.88. The molecule has 2 heterocycles. The molecule has 0 aromatic rings. The smallest absolute Gasteiger partial charge is 0.0654 e. The molecule has 2 aliphatic rings. The van der Waals surface area contributed by atoms with E-state index in [1.54, 1.807) is 0 Å². The van der Waals surface area contributed by atoms with Crippen molar-refractivity contribution in [2.24, 2.45) is 11.8 Å². The molecule has 0 saturated carbocycles. The van der Waals surface area contributed by atoms with Gasteiger partial charge in [0, 0.05) is 32.3 Å². The summed E-state index contributed by atoms with van der Waals surface area (Å²) in [6.07, 6.45) is 4.71. The van der Waals surface area contributed by atoms with Gasteiger partial charge in [-0.25, -0.2) is 0 Å². The minimum Gasteiger partial charge on any atom is -0.396 e. The van der Waals surface area contributed by atoms with Crippen LogP contribution in [0.25, 0.3) is 0 Å². The average Bonchev–Trinajstić information content (AvgIpc) is 2.30. The molecule has 0 aromatic heterocycles. The van der Waals surface area contributed by atoms with Gasteiger partial charge < -0.3 is 14.6 Å². The van der Waals surface area contributed by atoms with Crippen molar-refractivity contribution in [2.45, 2.75) is 31.8 Å². The van der Waals surface area contributed by atoms with Gasteiger partial charge in [-0.15, -0.1) is 0 Å². The molecule has 2 unspecified atom stereocenters. The van der Waals surface area contributed by atoms with Gasteiger partial charge in [-0.05, 0) is 31.6 Å². The third-order valence-corrected chi connectivity index (χ3v) is 3.46. The average molecular weight is 200 g/mol. The van der Waals surface area contributed by atoms with Crippen LogP contribution in [0, 0.1) is 11.8 Å². The normalized spacial score (nSPS) is 35.8. The van der Waals surface area contributed by atoms with Gasteiger partial charge in [-0.1, -0.05) is 0 Å². The topological polar surface area (TPSA) is 38.7 Å². The van der Waals surface area contributed by atoms with Crippen LogP contribution in [0.4, 0.5) is 0 Å². The summed E-state index contributed by atoms with van der Waals surface area (Å²) >= 11 is 0. The van der Waals surface area contributed by atoms with Crippen molar-refractivity contribution in [3.05, 3.63) is 0 Å². The Kier molecular flexibility index (Phi) is 3.79. The molecule has 0 amide bonds. The van der Waals surface area contributed by atoms with E-state index in [4.69, 9.17) is 9.47 Å². The van der Waals surface area contributed by atoms with Crippen molar-refractivity contribution in [3.63, 3.8) is 0 Å². The third-order valence-electron chi connectivity index (χ3n) is 3.46. The molecular formula is C11H20O3. The van der Waals surface area contributed by atoms with E-state index in [0.717, 1.165) is 45.5 Å². The summed E-state index contributed by atoms with van der Waals surface area (Å²) in [5, 5.41) is 9.28. The first kappa shape index (κ1) is 10.4. The molecule has 0 bridgehead atoms. The Balaban J connectivity index is 1.91. The molecule has 2 rings (SSSR count). The Morgan fingerprint density at radius 2 is 1.86 bits per heavy atom. The fraction of sp³-hybridized carbons (Fsp3) is 1.00. The fourth-order valence-electron chi connectivity index (χ4n) is 2.63. The monoisotopic (exact) mass is 200 g/mol. The molecule has 82 valence electrons. The van der Waals surface area contributed by atoms with Gasteiger partial charge >= 0.3 is 0 Å². The molecule has 0 spiro atoms. The lowest BCUT2D eigenvalue weighted by Crippen LogP contribution is -2.40. The Labute approximate surface area is 85.4 Å². The molecule has 2 fully saturated rings. The Hall–Kier alpha value is -0.120. The first-order valence-electron chi connectivity index (χ1n) is 5.72. The molecule has 3 heteroatoms. The van der Waals surface area contributed by atoms with Crippen LogP contribution in [0.5, 0.6) is 0 Å². The van der Waals surface area contributed by atoms with Crippen molar-refractivity contribution < 1.29 is 14.6 Å². The summed E-state index contributed by atoms with van der Waals surface area (Å²) < 4.78 is 11.1. The van der Waals surface area contributed by atoms with E-state index >= 15 is 0 Å². The Morgan fingerprint density at radius 1 is 1.07 bits per heavy atom. The van der Waals surface area contributed by atoms with Gasteiger partial charge in [0.2, 0.25) is 0 Å². The van der Waals surface area contributed by atoms with E-state index in [-0.39, 0.29) is 12.7 Å². The lowest BCUT2D eigenvalue weighted by molar-refractivity contribution is -0.0971. The lowest BCUT2D eigenvalue weighted by atomic mass is 9.82. The van der Waals surface area contributed by atoms with E-state index in [1.165, 1.54) is 0 Å². The summed E-state index contributed by atoms with van der Waals surface area (Å²) in [6, 6.07) is 0. The maximum atomic E-state index is 9.28. The predicted molar refractivity (Wildman–Crippen MR) is 53.1 cm³/mol. The number of rotatable bonds is 2. The molecule has 14 heavy (non-hydrogen) atoms. The van der Waals surface area contributed by atoms with Crippen LogP contribution in [0.15, 0.2) is 0 Å². The van der Waals surface area contributed by atoms with Gasteiger partial charge in [-0.2, -0.15) is 0 Å². The highest BCUT2D eigenvalue weighted by molar-refractivity contribution is 4.82. The number of ether oxygens (including phenoxy) is 2. The fourth-order valence-corrected chi connectivity index (χ4v) is 2.63. The first-order valence-corrected chi connectivity index (χ1v) is 5.72. The first-order chi connectivity index (χ1) is 6.92. The zero-order valence-electron chi connectivity index (χ0n) is 8.65. The number of hydrogen-bond donors (Lipinski definition) is 1. The highest BCUT2D eigenvalue weighted by Gasteiger charge is 2.33. The molecule has 2 aliphatic heterocycles. The van der Waals surface area contributed by atoms with E-state index < -0.39 is 0 Å². The molecular weight excluding hydrogens is 180 g/mol. The third kappa shape index (κ3) is 2.27.